The van der Waals surface area contributed by atoms with Crippen molar-refractivity contribution in [2.75, 3.05) is 17.2 Å². The Bertz CT molecular complexity index is 752. The van der Waals surface area contributed by atoms with E-state index in [1.165, 1.54) is 0 Å². The van der Waals surface area contributed by atoms with Crippen molar-refractivity contribution in [1.29, 1.82) is 0 Å². The van der Waals surface area contributed by atoms with Crippen LogP contribution in [0.4, 0.5) is 5.69 Å². The quantitative estimate of drug-likeness (QED) is 0.611. The van der Waals surface area contributed by atoms with Gasteiger partial charge < -0.3 is 10.0 Å². The Labute approximate surface area is 136 Å². The van der Waals surface area contributed by atoms with Crippen LogP contribution in [-0.2, 0) is 15.5 Å². The van der Waals surface area contributed by atoms with Gasteiger partial charge in [0, 0.05) is 23.3 Å². The Balaban J connectivity index is 2.21. The Morgan fingerprint density at radius 3 is 2.52 bits per heavy atom. The third-order valence-electron chi connectivity index (χ3n) is 4.29. The number of aromatic carboxylic acids is 1. The SMILES string of the molecule is C=C1N(CCCCS(=O)(=O)O)c2ccc(C(=O)O)cc2C1(C)C. The molecule has 1 heterocycles. The number of carboxylic acids is 1. The van der Waals surface area contributed by atoms with Crippen LogP contribution in [0, 0.1) is 0 Å². The lowest BCUT2D eigenvalue weighted by molar-refractivity contribution is 0.0696. The number of hydrogen-bond acceptors (Lipinski definition) is 4. The summed E-state index contributed by atoms with van der Waals surface area (Å²) in [5.41, 5.74) is 2.50. The number of fused-ring (bicyclic) bond motifs is 1. The van der Waals surface area contributed by atoms with Crippen LogP contribution in [-0.4, -0.2) is 36.3 Å². The first-order chi connectivity index (χ1) is 10.5. The van der Waals surface area contributed by atoms with Crippen LogP contribution in [0.3, 0.4) is 0 Å². The minimum absolute atomic E-state index is 0.234. The molecule has 126 valence electrons. The summed E-state index contributed by atoms with van der Waals surface area (Å²) < 4.78 is 30.3. The normalized spacial score (nSPS) is 16.5. The van der Waals surface area contributed by atoms with Crippen LogP contribution in [0.1, 0.15) is 42.6 Å². The molecule has 1 aromatic carbocycles. The smallest absolute Gasteiger partial charge is 0.335 e. The average Bonchev–Trinajstić information content (AvgIpc) is 2.62. The summed E-state index contributed by atoms with van der Waals surface area (Å²) in [5, 5.41) is 9.15. The Morgan fingerprint density at radius 1 is 1.30 bits per heavy atom. The lowest BCUT2D eigenvalue weighted by atomic mass is 9.84. The van der Waals surface area contributed by atoms with E-state index in [1.54, 1.807) is 18.2 Å². The van der Waals surface area contributed by atoms with E-state index in [2.05, 4.69) is 6.58 Å². The van der Waals surface area contributed by atoms with Gasteiger partial charge in [-0.25, -0.2) is 4.79 Å². The molecule has 1 aliphatic heterocycles. The van der Waals surface area contributed by atoms with Gasteiger partial charge >= 0.3 is 5.97 Å². The molecule has 7 heteroatoms. The van der Waals surface area contributed by atoms with Crippen molar-refractivity contribution in [2.24, 2.45) is 0 Å². The van der Waals surface area contributed by atoms with Crippen LogP contribution < -0.4 is 4.90 Å². The van der Waals surface area contributed by atoms with Gasteiger partial charge in [-0.1, -0.05) is 20.4 Å². The predicted molar refractivity (Wildman–Crippen MR) is 88.6 cm³/mol. The van der Waals surface area contributed by atoms with Crippen molar-refractivity contribution in [3.8, 4) is 0 Å². The molecule has 23 heavy (non-hydrogen) atoms. The molecule has 6 nitrogen and oxygen atoms in total. The summed E-state index contributed by atoms with van der Waals surface area (Å²) in [7, 11) is -3.94. The fraction of sp³-hybridized carbons (Fsp3) is 0.438. The van der Waals surface area contributed by atoms with Crippen molar-refractivity contribution in [3.63, 3.8) is 0 Å². The number of unbranched alkanes of at least 4 members (excludes halogenated alkanes) is 1. The molecule has 2 rings (SSSR count). The van der Waals surface area contributed by atoms with Crippen molar-refractivity contribution >= 4 is 21.8 Å². The second-order valence-corrected chi connectivity index (χ2v) is 7.83. The Hall–Kier alpha value is -1.86. The average molecular weight is 339 g/mol. The molecule has 2 N–H and O–H groups in total. The van der Waals surface area contributed by atoms with E-state index < -0.39 is 16.1 Å². The van der Waals surface area contributed by atoms with E-state index in [1.807, 2.05) is 18.7 Å². The minimum Gasteiger partial charge on any atom is -0.478 e. The first kappa shape index (κ1) is 17.5. The second kappa shape index (κ2) is 5.98. The zero-order chi connectivity index (χ0) is 17.4. The minimum atomic E-state index is -3.94. The molecule has 0 saturated carbocycles. The van der Waals surface area contributed by atoms with E-state index in [-0.39, 0.29) is 16.7 Å². The summed E-state index contributed by atoms with van der Waals surface area (Å²) in [6, 6.07) is 4.99. The topological polar surface area (TPSA) is 94.9 Å². The highest BCUT2D eigenvalue weighted by Crippen LogP contribution is 2.47. The first-order valence-corrected chi connectivity index (χ1v) is 8.95. The van der Waals surface area contributed by atoms with Gasteiger partial charge in [0.05, 0.1) is 11.3 Å². The van der Waals surface area contributed by atoms with E-state index in [0.29, 0.717) is 19.4 Å². The molecule has 0 bridgehead atoms. The fourth-order valence-corrected chi connectivity index (χ4v) is 3.42. The van der Waals surface area contributed by atoms with Gasteiger partial charge in [0.2, 0.25) is 0 Å². The molecule has 0 spiro atoms. The molecule has 0 radical (unpaired) electrons. The van der Waals surface area contributed by atoms with Crippen LogP contribution in [0.2, 0.25) is 0 Å². The summed E-state index contributed by atoms with van der Waals surface area (Å²) in [6.07, 6.45) is 0.931. The number of benzene rings is 1. The number of rotatable bonds is 6. The molecule has 0 amide bonds. The highest BCUT2D eigenvalue weighted by molar-refractivity contribution is 7.85. The third kappa shape index (κ3) is 3.56. The monoisotopic (exact) mass is 339 g/mol. The van der Waals surface area contributed by atoms with E-state index in [9.17, 15) is 13.2 Å². The summed E-state index contributed by atoms with van der Waals surface area (Å²) >= 11 is 0. The molecule has 0 fully saturated rings. The maximum absolute atomic E-state index is 11.2. The van der Waals surface area contributed by atoms with Gasteiger partial charge in [-0.3, -0.25) is 4.55 Å². The molecule has 0 aromatic heterocycles. The van der Waals surface area contributed by atoms with Gasteiger partial charge in [-0.2, -0.15) is 8.42 Å². The third-order valence-corrected chi connectivity index (χ3v) is 5.09. The van der Waals surface area contributed by atoms with Crippen LogP contribution in [0.5, 0.6) is 0 Å². The van der Waals surface area contributed by atoms with Gasteiger partial charge in [0.1, 0.15) is 0 Å². The highest BCUT2D eigenvalue weighted by Gasteiger charge is 2.39. The lowest BCUT2D eigenvalue weighted by Crippen LogP contribution is -2.26. The van der Waals surface area contributed by atoms with Crippen LogP contribution in [0.25, 0.3) is 0 Å². The maximum atomic E-state index is 11.2. The van der Waals surface area contributed by atoms with Gasteiger partial charge in [0.25, 0.3) is 10.1 Å². The molecule has 0 unspecified atom stereocenters. The zero-order valence-electron chi connectivity index (χ0n) is 13.2. The maximum Gasteiger partial charge on any atom is 0.335 e. The summed E-state index contributed by atoms with van der Waals surface area (Å²) in [6.45, 7) is 8.65. The van der Waals surface area contributed by atoms with Crippen molar-refractivity contribution in [1.82, 2.24) is 0 Å². The van der Waals surface area contributed by atoms with E-state index in [0.717, 1.165) is 16.9 Å². The molecular formula is C16H21NO5S. The molecule has 0 aliphatic carbocycles. The van der Waals surface area contributed by atoms with Gasteiger partial charge in [-0.05, 0) is 36.6 Å². The molecule has 1 aliphatic rings. The van der Waals surface area contributed by atoms with Crippen molar-refractivity contribution < 1.29 is 22.9 Å². The van der Waals surface area contributed by atoms with Gasteiger partial charge in [-0.15, -0.1) is 0 Å². The van der Waals surface area contributed by atoms with Crippen molar-refractivity contribution in [2.45, 2.75) is 32.1 Å². The zero-order valence-corrected chi connectivity index (χ0v) is 14.1. The van der Waals surface area contributed by atoms with E-state index in [4.69, 9.17) is 9.66 Å². The summed E-state index contributed by atoms with van der Waals surface area (Å²) in [4.78, 5) is 13.2. The number of anilines is 1. The second-order valence-electron chi connectivity index (χ2n) is 6.25. The van der Waals surface area contributed by atoms with Gasteiger partial charge in [0.15, 0.2) is 0 Å². The molecule has 0 saturated heterocycles. The number of hydrogen-bond donors (Lipinski definition) is 2. The molecule has 1 aromatic rings. The molecule has 0 atom stereocenters. The number of carbonyl (C=O) groups is 1. The number of allylic oxidation sites excluding steroid dienone is 1. The van der Waals surface area contributed by atoms with Crippen LogP contribution in [0.15, 0.2) is 30.5 Å². The van der Waals surface area contributed by atoms with E-state index >= 15 is 0 Å². The Kier molecular flexibility index (Phi) is 4.54. The number of nitrogens with zero attached hydrogens (tertiary/aromatic N) is 1. The lowest BCUT2D eigenvalue weighted by Gasteiger charge is -2.25. The fourth-order valence-electron chi connectivity index (χ4n) is 2.85. The Morgan fingerprint density at radius 2 is 1.96 bits per heavy atom. The largest absolute Gasteiger partial charge is 0.478 e. The summed E-state index contributed by atoms with van der Waals surface area (Å²) in [5.74, 6) is -1.23. The molecular weight excluding hydrogens is 318 g/mol. The van der Waals surface area contributed by atoms with Crippen molar-refractivity contribution in [3.05, 3.63) is 41.6 Å². The first-order valence-electron chi connectivity index (χ1n) is 7.34. The number of carboxylic acid groups (broad SMARTS) is 1. The standard InChI is InChI=1S/C16H21NO5S/c1-11-16(2,3)13-10-12(15(18)19)6-7-14(13)17(11)8-4-5-9-23(20,21)22/h6-7,10H,1,4-5,8-9H2,2-3H3,(H,18,19)(H,20,21,22). The predicted octanol–water partition coefficient (Wildman–Crippen LogP) is 2.66. The van der Waals surface area contributed by atoms with Crippen LogP contribution >= 0.6 is 0 Å². The highest BCUT2D eigenvalue weighted by atomic mass is 32.2.